The largest absolute Gasteiger partial charge is 0.365 e. The minimum Gasteiger partial charge on any atom is -0.365 e. The van der Waals surface area contributed by atoms with Crippen LogP contribution >= 0.6 is 23.3 Å². The summed E-state index contributed by atoms with van der Waals surface area (Å²) in [4.78, 5) is 18.7. The molecule has 0 aliphatic rings. The smallest absolute Gasteiger partial charge is 0.260 e. The first-order valence-corrected chi connectivity index (χ1v) is 7.92. The van der Waals surface area contributed by atoms with E-state index in [1.807, 2.05) is 19.1 Å². The summed E-state index contributed by atoms with van der Waals surface area (Å²) >= 11 is 2.53. The highest BCUT2D eigenvalue weighted by Crippen LogP contribution is 2.32. The fraction of sp³-hybridized carbons (Fsp3) is 0.0714. The molecule has 0 spiro atoms. The Morgan fingerprint density at radius 1 is 1.55 bits per heavy atom. The lowest BCUT2D eigenvalue weighted by atomic mass is 10.1. The summed E-state index contributed by atoms with van der Waals surface area (Å²) in [5, 5.41) is 10.1. The van der Waals surface area contributed by atoms with Gasteiger partial charge in [-0.05, 0) is 18.6 Å². The van der Waals surface area contributed by atoms with Gasteiger partial charge in [-0.3, -0.25) is 4.79 Å². The Kier molecular flexibility index (Phi) is 3.75. The van der Waals surface area contributed by atoms with Crippen molar-refractivity contribution in [3.8, 4) is 6.07 Å². The molecule has 22 heavy (non-hydrogen) atoms. The number of nitrogens with two attached hydrogens (primary N) is 1. The van der Waals surface area contributed by atoms with Crippen molar-refractivity contribution in [2.45, 2.75) is 11.3 Å². The van der Waals surface area contributed by atoms with Crippen molar-refractivity contribution in [3.63, 3.8) is 0 Å². The molecule has 0 saturated heterocycles. The molecule has 0 bridgehead atoms. The van der Waals surface area contributed by atoms with Crippen molar-refractivity contribution in [3.05, 3.63) is 40.5 Å². The van der Waals surface area contributed by atoms with E-state index in [1.165, 1.54) is 29.5 Å². The second-order valence-electron chi connectivity index (χ2n) is 4.55. The van der Waals surface area contributed by atoms with Crippen molar-refractivity contribution < 1.29 is 4.79 Å². The molecule has 4 N–H and O–H groups in total. The third kappa shape index (κ3) is 2.52. The van der Waals surface area contributed by atoms with E-state index in [0.29, 0.717) is 14.8 Å². The van der Waals surface area contributed by atoms with Gasteiger partial charge >= 0.3 is 0 Å². The zero-order chi connectivity index (χ0) is 15.7. The summed E-state index contributed by atoms with van der Waals surface area (Å²) in [6.07, 6.45) is 3.16. The number of benzene rings is 1. The second-order valence-corrected chi connectivity index (χ2v) is 6.64. The Bertz CT molecular complexity index is 906. The first-order chi connectivity index (χ1) is 10.6. The van der Waals surface area contributed by atoms with Crippen LogP contribution in [0.2, 0.25) is 0 Å². The lowest BCUT2D eigenvalue weighted by molar-refractivity contribution is 0.100. The molecule has 0 unspecified atom stereocenters. The number of aryl methyl sites for hydroxylation is 1. The number of aromatic nitrogens is 2. The number of carbonyl (C=O) groups is 1. The van der Waals surface area contributed by atoms with Crippen LogP contribution < -0.4 is 10.5 Å². The van der Waals surface area contributed by atoms with Crippen molar-refractivity contribution >= 4 is 45.8 Å². The average molecular weight is 329 g/mol. The summed E-state index contributed by atoms with van der Waals surface area (Å²) in [5.74, 6) is -0.481. The van der Waals surface area contributed by atoms with Crippen molar-refractivity contribution in [2.75, 3.05) is 4.72 Å². The van der Waals surface area contributed by atoms with Gasteiger partial charge in [-0.1, -0.05) is 6.07 Å². The van der Waals surface area contributed by atoms with Gasteiger partial charge in [0.15, 0.2) is 4.34 Å². The highest BCUT2D eigenvalue weighted by atomic mass is 32.2. The third-order valence-corrected chi connectivity index (χ3v) is 5.05. The minimum absolute atomic E-state index is 0.421. The molecule has 3 aromatic rings. The predicted molar refractivity (Wildman–Crippen MR) is 87.9 cm³/mol. The number of anilines is 1. The molecule has 3 rings (SSSR count). The molecular formula is C14H11N5OS2. The minimum atomic E-state index is -0.481. The Morgan fingerprint density at radius 2 is 2.36 bits per heavy atom. The SMILES string of the molecule is Cc1ccc(NSc2ncc(C(N)=O)s2)c2[nH]cc(C#N)c12. The number of nitrogens with one attached hydrogen (secondary N) is 2. The van der Waals surface area contributed by atoms with Gasteiger partial charge < -0.3 is 15.4 Å². The summed E-state index contributed by atoms with van der Waals surface area (Å²) in [6, 6.07) is 6.07. The summed E-state index contributed by atoms with van der Waals surface area (Å²) in [7, 11) is 0. The number of thiazole rings is 1. The van der Waals surface area contributed by atoms with E-state index < -0.39 is 5.91 Å². The lowest BCUT2D eigenvalue weighted by Crippen LogP contribution is -2.08. The average Bonchev–Trinajstić information content (AvgIpc) is 3.13. The summed E-state index contributed by atoms with van der Waals surface area (Å²) in [6.45, 7) is 1.97. The van der Waals surface area contributed by atoms with Crippen LogP contribution in [0.15, 0.2) is 28.9 Å². The van der Waals surface area contributed by atoms with E-state index in [1.54, 1.807) is 6.20 Å². The molecule has 0 fully saturated rings. The maximum Gasteiger partial charge on any atom is 0.260 e. The van der Waals surface area contributed by atoms with Crippen LogP contribution in [-0.4, -0.2) is 15.9 Å². The summed E-state index contributed by atoms with van der Waals surface area (Å²) in [5.41, 5.74) is 8.58. The first-order valence-electron chi connectivity index (χ1n) is 6.29. The number of primary amides is 1. The Balaban J connectivity index is 1.88. The number of hydrogen-bond acceptors (Lipinski definition) is 6. The zero-order valence-electron chi connectivity index (χ0n) is 11.5. The molecule has 6 nitrogen and oxygen atoms in total. The highest BCUT2D eigenvalue weighted by Gasteiger charge is 2.12. The van der Waals surface area contributed by atoms with Crippen LogP contribution in [0.3, 0.4) is 0 Å². The fourth-order valence-electron chi connectivity index (χ4n) is 2.11. The maximum atomic E-state index is 11.1. The molecule has 110 valence electrons. The highest BCUT2D eigenvalue weighted by molar-refractivity contribution is 8.02. The van der Waals surface area contributed by atoms with Crippen LogP contribution in [0.25, 0.3) is 10.9 Å². The number of nitriles is 1. The number of rotatable bonds is 4. The zero-order valence-corrected chi connectivity index (χ0v) is 13.1. The molecule has 0 atom stereocenters. The lowest BCUT2D eigenvalue weighted by Gasteiger charge is -2.06. The number of carbonyl (C=O) groups excluding carboxylic acids is 1. The van der Waals surface area contributed by atoms with E-state index in [0.717, 1.165) is 22.2 Å². The van der Waals surface area contributed by atoms with Crippen LogP contribution in [-0.2, 0) is 0 Å². The molecule has 0 aliphatic carbocycles. The van der Waals surface area contributed by atoms with Gasteiger partial charge in [0, 0.05) is 23.5 Å². The van der Waals surface area contributed by atoms with Gasteiger partial charge in [0.05, 0.1) is 23.0 Å². The van der Waals surface area contributed by atoms with Gasteiger partial charge in [-0.15, -0.1) is 11.3 Å². The first kappa shape index (κ1) is 14.4. The third-order valence-electron chi connectivity index (χ3n) is 3.14. The molecule has 8 heteroatoms. The van der Waals surface area contributed by atoms with E-state index in [9.17, 15) is 4.79 Å². The van der Waals surface area contributed by atoms with Crippen LogP contribution in [0.5, 0.6) is 0 Å². The van der Waals surface area contributed by atoms with Gasteiger partial charge in [-0.25, -0.2) is 4.98 Å². The topological polar surface area (TPSA) is 108 Å². The van der Waals surface area contributed by atoms with E-state index >= 15 is 0 Å². The van der Waals surface area contributed by atoms with E-state index in [4.69, 9.17) is 11.0 Å². The van der Waals surface area contributed by atoms with Crippen molar-refractivity contribution in [1.82, 2.24) is 9.97 Å². The fourth-order valence-corrected chi connectivity index (χ4v) is 3.64. The molecule has 1 amide bonds. The number of H-pyrrole nitrogens is 1. The number of amides is 1. The number of aromatic amines is 1. The Hall–Kier alpha value is -2.50. The molecule has 0 aliphatic heterocycles. The number of fused-ring (bicyclic) bond motifs is 1. The van der Waals surface area contributed by atoms with Crippen LogP contribution in [0, 0.1) is 18.3 Å². The van der Waals surface area contributed by atoms with Crippen LogP contribution in [0.4, 0.5) is 5.69 Å². The molecule has 2 aromatic heterocycles. The molecule has 0 radical (unpaired) electrons. The van der Waals surface area contributed by atoms with E-state index in [2.05, 4.69) is 20.8 Å². The quantitative estimate of drug-likeness (QED) is 0.638. The maximum absolute atomic E-state index is 11.1. The van der Waals surface area contributed by atoms with Gasteiger partial charge in [0.25, 0.3) is 5.91 Å². The predicted octanol–water partition coefficient (Wildman–Crippen LogP) is 3.02. The molecule has 1 aromatic carbocycles. The normalized spacial score (nSPS) is 10.5. The van der Waals surface area contributed by atoms with Gasteiger partial charge in [-0.2, -0.15) is 5.26 Å². The van der Waals surface area contributed by atoms with Gasteiger partial charge in [0.2, 0.25) is 0 Å². The van der Waals surface area contributed by atoms with E-state index in [-0.39, 0.29) is 0 Å². The van der Waals surface area contributed by atoms with Crippen LogP contribution in [0.1, 0.15) is 20.8 Å². The number of hydrogen-bond donors (Lipinski definition) is 3. The Labute approximate surface area is 134 Å². The van der Waals surface area contributed by atoms with Crippen molar-refractivity contribution in [2.24, 2.45) is 5.73 Å². The molecular weight excluding hydrogens is 318 g/mol. The van der Waals surface area contributed by atoms with Gasteiger partial charge in [0.1, 0.15) is 10.9 Å². The number of nitrogens with zero attached hydrogens (tertiary/aromatic N) is 2. The molecule has 0 saturated carbocycles. The standard InChI is InChI=1S/C14H11N5OS2/c1-7-2-3-9(12-11(7)8(4-15)5-17-12)19-22-14-18-6-10(21-14)13(16)20/h2-3,5-6,17,19H,1H3,(H2,16,20). The molecule has 2 heterocycles. The second kappa shape index (κ2) is 5.71. The monoisotopic (exact) mass is 329 g/mol. The Morgan fingerprint density at radius 3 is 3.05 bits per heavy atom. The summed E-state index contributed by atoms with van der Waals surface area (Å²) < 4.78 is 3.88. The van der Waals surface area contributed by atoms with Crippen molar-refractivity contribution in [1.29, 1.82) is 5.26 Å².